The van der Waals surface area contributed by atoms with Crippen LogP contribution in [0.25, 0.3) is 0 Å². The molecule has 6 rings (SSSR count). The molecule has 2 aromatic rings. The molecule has 168 valence electrons. The number of methoxy groups -OCH3 is 1. The maximum absolute atomic E-state index is 9.51. The molecule has 32 heavy (non-hydrogen) atoms. The van der Waals surface area contributed by atoms with Gasteiger partial charge in [-0.25, -0.2) is 0 Å². The van der Waals surface area contributed by atoms with Crippen LogP contribution >= 0.6 is 0 Å². The molecule has 4 nitrogen and oxygen atoms in total. The first-order valence-corrected chi connectivity index (χ1v) is 11.8. The lowest BCUT2D eigenvalue weighted by Crippen LogP contribution is -2.48. The van der Waals surface area contributed by atoms with Gasteiger partial charge in [-0.15, -0.1) is 0 Å². The summed E-state index contributed by atoms with van der Waals surface area (Å²) in [6.45, 7) is 1.76. The minimum absolute atomic E-state index is 0.171. The third-order valence-corrected chi connectivity index (χ3v) is 7.53. The van der Waals surface area contributed by atoms with Crippen LogP contribution in [0.1, 0.15) is 62.1 Å². The second-order valence-electron chi connectivity index (χ2n) is 9.80. The van der Waals surface area contributed by atoms with Gasteiger partial charge in [0.05, 0.1) is 6.61 Å². The molecule has 0 aromatic heterocycles. The molecule has 4 fully saturated rings. The van der Waals surface area contributed by atoms with E-state index in [0.717, 1.165) is 34.6 Å². The van der Waals surface area contributed by atoms with Crippen LogP contribution in [0, 0.1) is 29.6 Å². The Labute approximate surface area is 190 Å². The van der Waals surface area contributed by atoms with Gasteiger partial charge in [0.25, 0.3) is 0 Å². The fourth-order valence-electron chi connectivity index (χ4n) is 6.64. The summed E-state index contributed by atoms with van der Waals surface area (Å²) < 4.78 is 17.3. The summed E-state index contributed by atoms with van der Waals surface area (Å²) in [6.07, 6.45) is 7.93. The Morgan fingerprint density at radius 3 is 2.12 bits per heavy atom. The Bertz CT molecular complexity index is 979. The van der Waals surface area contributed by atoms with Gasteiger partial charge in [0.15, 0.2) is 0 Å². The lowest BCUT2D eigenvalue weighted by Gasteiger charge is -2.57. The summed E-state index contributed by atoms with van der Waals surface area (Å²) in [5, 5.41) is 9.51. The van der Waals surface area contributed by atoms with Crippen LogP contribution in [-0.2, 0) is 14.9 Å². The quantitative estimate of drug-likeness (QED) is 0.476. The molecule has 4 heteroatoms. The Morgan fingerprint density at radius 1 is 0.938 bits per heavy atom. The summed E-state index contributed by atoms with van der Waals surface area (Å²) in [6, 6.07) is 13.3. The highest BCUT2D eigenvalue weighted by Crippen LogP contribution is 2.62. The van der Waals surface area contributed by atoms with Gasteiger partial charge in [0.2, 0.25) is 0 Å². The van der Waals surface area contributed by atoms with E-state index < -0.39 is 6.48 Å². The van der Waals surface area contributed by atoms with Crippen molar-refractivity contribution in [2.75, 3.05) is 13.7 Å². The first-order valence-electron chi connectivity index (χ1n) is 11.8. The van der Waals surface area contributed by atoms with Crippen LogP contribution < -0.4 is 4.74 Å². The predicted molar refractivity (Wildman–Crippen MR) is 123 cm³/mol. The van der Waals surface area contributed by atoms with E-state index in [4.69, 9.17) is 14.2 Å². The average Bonchev–Trinajstić information content (AvgIpc) is 2.78. The summed E-state index contributed by atoms with van der Waals surface area (Å²) in [7, 11) is 1.61. The molecule has 4 saturated carbocycles. The number of hydrogen-bond donors (Lipinski definition) is 1. The number of phenolic OH excluding ortho intramolecular Hbond substituents is 1. The standard InChI is InChI=1S/C28H32O4/c1-3-31-27(30-2)32-26-11-8-20(5-4-19-6-9-24(29)10-7-19)15-25(26)28-16-21-12-22(17-28)14-23(13-21)18-28/h6-11,15,21-23,27,29H,3,12-14,16-18H2,1-2H3. The monoisotopic (exact) mass is 432 g/mol. The van der Waals surface area contributed by atoms with Crippen molar-refractivity contribution in [1.82, 2.24) is 0 Å². The van der Waals surface area contributed by atoms with Gasteiger partial charge in [-0.05, 0) is 111 Å². The maximum Gasteiger partial charge on any atom is 0.315 e. The zero-order chi connectivity index (χ0) is 22.1. The Balaban J connectivity index is 1.51. The fourth-order valence-corrected chi connectivity index (χ4v) is 6.64. The van der Waals surface area contributed by atoms with Gasteiger partial charge in [-0.2, -0.15) is 0 Å². The Hall–Kier alpha value is -2.48. The van der Waals surface area contributed by atoms with Gasteiger partial charge < -0.3 is 19.3 Å². The molecule has 4 aliphatic rings. The van der Waals surface area contributed by atoms with Crippen molar-refractivity contribution in [2.24, 2.45) is 17.8 Å². The second kappa shape index (κ2) is 8.81. The van der Waals surface area contributed by atoms with Crippen LogP contribution in [0.2, 0.25) is 0 Å². The molecule has 0 heterocycles. The summed E-state index contributed by atoms with van der Waals surface area (Å²) in [4.78, 5) is 0. The van der Waals surface area contributed by atoms with Crippen LogP contribution in [-0.4, -0.2) is 25.3 Å². The minimum atomic E-state index is -0.707. The third-order valence-electron chi connectivity index (χ3n) is 7.53. The summed E-state index contributed by atoms with van der Waals surface area (Å²) in [5.41, 5.74) is 3.32. The largest absolute Gasteiger partial charge is 0.508 e. The minimum Gasteiger partial charge on any atom is -0.508 e. The van der Waals surface area contributed by atoms with Gasteiger partial charge >= 0.3 is 6.48 Å². The van der Waals surface area contributed by atoms with Crippen molar-refractivity contribution in [3.05, 3.63) is 59.2 Å². The molecule has 0 aliphatic heterocycles. The van der Waals surface area contributed by atoms with E-state index in [9.17, 15) is 5.11 Å². The van der Waals surface area contributed by atoms with Gasteiger partial charge in [-0.1, -0.05) is 11.8 Å². The van der Waals surface area contributed by atoms with E-state index in [1.165, 1.54) is 44.1 Å². The van der Waals surface area contributed by atoms with Crippen molar-refractivity contribution >= 4 is 0 Å². The number of aromatic hydroxyl groups is 1. The molecule has 0 spiro atoms. The van der Waals surface area contributed by atoms with Crippen molar-refractivity contribution in [3.8, 4) is 23.3 Å². The van der Waals surface area contributed by atoms with Crippen LogP contribution in [0.5, 0.6) is 11.5 Å². The van der Waals surface area contributed by atoms with Gasteiger partial charge in [0, 0.05) is 23.8 Å². The number of rotatable bonds is 6. The zero-order valence-corrected chi connectivity index (χ0v) is 19.0. The molecule has 0 amide bonds. The zero-order valence-electron chi connectivity index (χ0n) is 19.0. The van der Waals surface area contributed by atoms with Crippen molar-refractivity contribution in [2.45, 2.75) is 57.3 Å². The molecular weight excluding hydrogens is 400 g/mol. The first-order chi connectivity index (χ1) is 15.6. The number of ether oxygens (including phenoxy) is 3. The van der Waals surface area contributed by atoms with E-state index in [1.54, 1.807) is 19.2 Å². The fraction of sp³-hybridized carbons (Fsp3) is 0.500. The van der Waals surface area contributed by atoms with Crippen molar-refractivity contribution < 1.29 is 19.3 Å². The van der Waals surface area contributed by atoms with Crippen LogP contribution in [0.15, 0.2) is 42.5 Å². The van der Waals surface area contributed by atoms with E-state index in [0.29, 0.717) is 6.61 Å². The highest BCUT2D eigenvalue weighted by atomic mass is 16.8. The van der Waals surface area contributed by atoms with Crippen molar-refractivity contribution in [1.29, 1.82) is 0 Å². The maximum atomic E-state index is 9.51. The second-order valence-corrected chi connectivity index (χ2v) is 9.80. The Kier molecular flexibility index (Phi) is 5.88. The normalized spacial score (nSPS) is 28.8. The molecule has 0 radical (unpaired) electrons. The third kappa shape index (κ3) is 4.25. The van der Waals surface area contributed by atoms with E-state index in [1.807, 2.05) is 31.2 Å². The van der Waals surface area contributed by atoms with Gasteiger partial charge in [-0.3, -0.25) is 0 Å². The highest BCUT2D eigenvalue weighted by molar-refractivity contribution is 5.51. The number of benzene rings is 2. The number of phenols is 1. The smallest absolute Gasteiger partial charge is 0.315 e. The van der Waals surface area contributed by atoms with Crippen molar-refractivity contribution in [3.63, 3.8) is 0 Å². The van der Waals surface area contributed by atoms with E-state index >= 15 is 0 Å². The lowest BCUT2D eigenvalue weighted by molar-refractivity contribution is -0.231. The summed E-state index contributed by atoms with van der Waals surface area (Å²) in [5.74, 6) is 10.2. The predicted octanol–water partition coefficient (Wildman–Crippen LogP) is 5.61. The molecular formula is C28H32O4. The average molecular weight is 433 g/mol. The van der Waals surface area contributed by atoms with Crippen LogP contribution in [0.4, 0.5) is 0 Å². The number of hydrogen-bond acceptors (Lipinski definition) is 4. The first kappa shape index (κ1) is 21.4. The molecule has 1 atom stereocenters. The molecule has 1 unspecified atom stereocenters. The summed E-state index contributed by atoms with van der Waals surface area (Å²) >= 11 is 0. The molecule has 4 bridgehead atoms. The highest BCUT2D eigenvalue weighted by Gasteiger charge is 2.52. The SMILES string of the molecule is CCOC(OC)Oc1ccc(C#Cc2ccc(O)cc2)cc1C12CC3CC(CC(C3)C1)C2. The molecule has 0 saturated heterocycles. The molecule has 4 aliphatic carbocycles. The topological polar surface area (TPSA) is 47.9 Å². The van der Waals surface area contributed by atoms with E-state index in [-0.39, 0.29) is 11.2 Å². The molecule has 1 N–H and O–H groups in total. The van der Waals surface area contributed by atoms with Crippen LogP contribution in [0.3, 0.4) is 0 Å². The van der Waals surface area contributed by atoms with Gasteiger partial charge in [0.1, 0.15) is 11.5 Å². The lowest BCUT2D eigenvalue weighted by atomic mass is 9.48. The Morgan fingerprint density at radius 2 is 1.53 bits per heavy atom. The molecule has 2 aromatic carbocycles. The van der Waals surface area contributed by atoms with E-state index in [2.05, 4.69) is 17.9 Å².